The van der Waals surface area contributed by atoms with Gasteiger partial charge >= 0.3 is 0 Å². The molecular weight excluding hydrogens is 212 g/mol. The average Bonchev–Trinajstić information content (AvgIpc) is 3.00. The van der Waals surface area contributed by atoms with E-state index in [2.05, 4.69) is 44.8 Å². The van der Waals surface area contributed by atoms with Crippen LogP contribution in [0.3, 0.4) is 0 Å². The van der Waals surface area contributed by atoms with Crippen molar-refractivity contribution in [2.24, 2.45) is 17.8 Å². The zero-order chi connectivity index (χ0) is 12.7. The van der Waals surface area contributed by atoms with E-state index >= 15 is 0 Å². The molecule has 1 N–H and O–H groups in total. The number of nitrogens with one attached hydrogen (secondary N) is 1. The molecule has 0 radical (unpaired) electrons. The molecule has 0 aromatic carbocycles. The van der Waals surface area contributed by atoms with Gasteiger partial charge < -0.3 is 4.90 Å². The summed E-state index contributed by atoms with van der Waals surface area (Å²) in [5.41, 5.74) is 0. The highest BCUT2D eigenvalue weighted by atomic mass is 16.2. The Morgan fingerprint density at radius 3 is 2.12 bits per heavy atom. The molecule has 3 atom stereocenters. The van der Waals surface area contributed by atoms with Gasteiger partial charge in [0.1, 0.15) is 0 Å². The topological polar surface area (TPSA) is 32.3 Å². The molecule has 0 aromatic rings. The molecule has 1 aliphatic heterocycles. The summed E-state index contributed by atoms with van der Waals surface area (Å²) in [5, 5.41) is 3.53. The number of amides is 1. The molecule has 3 nitrogen and oxygen atoms in total. The zero-order valence-corrected chi connectivity index (χ0v) is 11.7. The summed E-state index contributed by atoms with van der Waals surface area (Å²) in [5.74, 6) is 1.91. The molecule has 1 saturated heterocycles. The molecule has 2 fully saturated rings. The second kappa shape index (κ2) is 4.60. The first kappa shape index (κ1) is 12.9. The fourth-order valence-corrected chi connectivity index (χ4v) is 2.88. The van der Waals surface area contributed by atoms with Crippen molar-refractivity contribution < 1.29 is 4.79 Å². The fourth-order valence-electron chi connectivity index (χ4n) is 2.88. The van der Waals surface area contributed by atoms with E-state index in [4.69, 9.17) is 0 Å². The smallest absolute Gasteiger partial charge is 0.241 e. The van der Waals surface area contributed by atoms with Crippen molar-refractivity contribution in [3.05, 3.63) is 0 Å². The molecule has 98 valence electrons. The maximum Gasteiger partial charge on any atom is 0.241 e. The van der Waals surface area contributed by atoms with Gasteiger partial charge in [0, 0.05) is 6.04 Å². The minimum absolute atomic E-state index is 0.0172. The first-order chi connectivity index (χ1) is 7.93. The van der Waals surface area contributed by atoms with Crippen LogP contribution in [0.1, 0.15) is 47.5 Å². The van der Waals surface area contributed by atoms with E-state index in [1.165, 1.54) is 12.8 Å². The van der Waals surface area contributed by atoms with Crippen molar-refractivity contribution in [1.29, 1.82) is 0 Å². The van der Waals surface area contributed by atoms with Crippen LogP contribution < -0.4 is 5.32 Å². The molecule has 1 saturated carbocycles. The van der Waals surface area contributed by atoms with Gasteiger partial charge in [0.05, 0.1) is 12.2 Å². The monoisotopic (exact) mass is 238 g/mol. The normalized spacial score (nSPS) is 31.7. The quantitative estimate of drug-likeness (QED) is 0.814. The van der Waals surface area contributed by atoms with Crippen molar-refractivity contribution in [2.75, 3.05) is 0 Å². The highest BCUT2D eigenvalue weighted by molar-refractivity contribution is 5.85. The SMILES string of the molecule is CC(C)C1NC(C(C)C)N(C(C)C2CC2)C1=O. The second-order valence-electron chi connectivity index (χ2n) is 6.40. The highest BCUT2D eigenvalue weighted by Crippen LogP contribution is 2.38. The van der Waals surface area contributed by atoms with E-state index in [9.17, 15) is 4.79 Å². The zero-order valence-electron chi connectivity index (χ0n) is 11.7. The molecule has 1 aliphatic carbocycles. The standard InChI is InChI=1S/C14H26N2O/c1-8(2)12-14(17)16(10(5)11-6-7-11)13(15-12)9(3)4/h8-13,15H,6-7H2,1-5H3. The van der Waals surface area contributed by atoms with E-state index < -0.39 is 0 Å². The van der Waals surface area contributed by atoms with Gasteiger partial charge in [-0.15, -0.1) is 0 Å². The number of hydrogen-bond donors (Lipinski definition) is 1. The molecule has 2 rings (SSSR count). The average molecular weight is 238 g/mol. The molecule has 2 aliphatic rings. The van der Waals surface area contributed by atoms with Gasteiger partial charge in [0.25, 0.3) is 0 Å². The van der Waals surface area contributed by atoms with Gasteiger partial charge in [-0.3, -0.25) is 10.1 Å². The number of carbonyl (C=O) groups is 1. The highest BCUT2D eigenvalue weighted by Gasteiger charge is 2.46. The van der Waals surface area contributed by atoms with Crippen molar-refractivity contribution in [3.8, 4) is 0 Å². The van der Waals surface area contributed by atoms with Crippen LogP contribution in [-0.4, -0.2) is 29.1 Å². The Morgan fingerprint density at radius 1 is 1.12 bits per heavy atom. The number of nitrogens with zero attached hydrogens (tertiary/aromatic N) is 1. The van der Waals surface area contributed by atoms with Crippen LogP contribution >= 0.6 is 0 Å². The number of hydrogen-bond acceptors (Lipinski definition) is 2. The Morgan fingerprint density at radius 2 is 1.71 bits per heavy atom. The Balaban J connectivity index is 2.16. The lowest BCUT2D eigenvalue weighted by Gasteiger charge is -2.32. The maximum atomic E-state index is 12.5. The Labute approximate surface area is 105 Å². The molecule has 0 bridgehead atoms. The van der Waals surface area contributed by atoms with Crippen molar-refractivity contribution in [2.45, 2.75) is 65.7 Å². The summed E-state index contributed by atoms with van der Waals surface area (Å²) >= 11 is 0. The van der Waals surface area contributed by atoms with E-state index in [0.717, 1.165) is 5.92 Å². The lowest BCUT2D eigenvalue weighted by Crippen LogP contribution is -2.47. The lowest BCUT2D eigenvalue weighted by atomic mass is 10.0. The van der Waals surface area contributed by atoms with Crippen molar-refractivity contribution >= 4 is 5.91 Å². The molecular formula is C14H26N2O. The van der Waals surface area contributed by atoms with Gasteiger partial charge in [0.2, 0.25) is 5.91 Å². The van der Waals surface area contributed by atoms with Crippen LogP contribution in [-0.2, 0) is 4.79 Å². The van der Waals surface area contributed by atoms with Gasteiger partial charge in [-0.05, 0) is 37.5 Å². The Bertz CT molecular complexity index is 297. The van der Waals surface area contributed by atoms with Crippen LogP contribution in [0.2, 0.25) is 0 Å². The third kappa shape index (κ3) is 2.35. The predicted octanol–water partition coefficient (Wildman–Crippen LogP) is 2.22. The van der Waals surface area contributed by atoms with E-state index in [-0.39, 0.29) is 12.2 Å². The summed E-state index contributed by atoms with van der Waals surface area (Å²) in [6.45, 7) is 10.9. The van der Waals surface area contributed by atoms with Crippen molar-refractivity contribution in [3.63, 3.8) is 0 Å². The van der Waals surface area contributed by atoms with E-state index in [0.29, 0.717) is 23.8 Å². The van der Waals surface area contributed by atoms with Crippen LogP contribution in [0, 0.1) is 17.8 Å². The molecule has 1 heterocycles. The number of rotatable bonds is 4. The molecule has 17 heavy (non-hydrogen) atoms. The minimum Gasteiger partial charge on any atom is -0.323 e. The summed E-state index contributed by atoms with van der Waals surface area (Å²) < 4.78 is 0. The number of carbonyl (C=O) groups excluding carboxylic acids is 1. The molecule has 3 unspecified atom stereocenters. The second-order valence-corrected chi connectivity index (χ2v) is 6.40. The third-order valence-electron chi connectivity index (χ3n) is 4.21. The summed E-state index contributed by atoms with van der Waals surface area (Å²) in [6.07, 6.45) is 2.81. The van der Waals surface area contributed by atoms with E-state index in [1.54, 1.807) is 0 Å². The van der Waals surface area contributed by atoms with Gasteiger partial charge in [0.15, 0.2) is 0 Å². The van der Waals surface area contributed by atoms with Crippen molar-refractivity contribution in [1.82, 2.24) is 10.2 Å². The Kier molecular flexibility index (Phi) is 3.48. The first-order valence-electron chi connectivity index (χ1n) is 7.01. The van der Waals surface area contributed by atoms with Gasteiger partial charge in [-0.1, -0.05) is 27.7 Å². The van der Waals surface area contributed by atoms with Crippen LogP contribution in [0.25, 0.3) is 0 Å². The van der Waals surface area contributed by atoms with Crippen LogP contribution in [0.15, 0.2) is 0 Å². The van der Waals surface area contributed by atoms with E-state index in [1.807, 2.05) is 0 Å². The Hall–Kier alpha value is -0.570. The molecule has 3 heteroatoms. The lowest BCUT2D eigenvalue weighted by molar-refractivity contribution is -0.133. The summed E-state index contributed by atoms with van der Waals surface area (Å²) in [6, 6.07) is 0.426. The van der Waals surface area contributed by atoms with Crippen LogP contribution in [0.5, 0.6) is 0 Å². The predicted molar refractivity (Wildman–Crippen MR) is 69.4 cm³/mol. The first-order valence-corrected chi connectivity index (χ1v) is 7.01. The minimum atomic E-state index is 0.0172. The fraction of sp³-hybridized carbons (Fsp3) is 0.929. The molecule has 0 aromatic heterocycles. The van der Waals surface area contributed by atoms with Gasteiger partial charge in [-0.2, -0.15) is 0 Å². The largest absolute Gasteiger partial charge is 0.323 e. The molecule has 0 spiro atoms. The third-order valence-corrected chi connectivity index (χ3v) is 4.21. The van der Waals surface area contributed by atoms with Gasteiger partial charge in [-0.25, -0.2) is 0 Å². The van der Waals surface area contributed by atoms with Crippen LogP contribution in [0.4, 0.5) is 0 Å². The molecule has 1 amide bonds. The summed E-state index contributed by atoms with van der Waals surface area (Å²) in [4.78, 5) is 14.6. The summed E-state index contributed by atoms with van der Waals surface area (Å²) in [7, 11) is 0. The maximum absolute atomic E-state index is 12.5.